The highest BCUT2D eigenvalue weighted by molar-refractivity contribution is 5.57. The standard InChI is InChI=1S/C17H21N3/c1-13(2)15-9-6-12-20(15)16-10-11-18-17(19-16)14-7-4-3-5-8-14/h3-5,7-8,10-11,13,15H,6,9,12H2,1-2H3. The van der Waals surface area contributed by atoms with Crippen LogP contribution in [0.1, 0.15) is 26.7 Å². The number of nitrogens with zero attached hydrogens (tertiary/aromatic N) is 3. The van der Waals surface area contributed by atoms with Crippen LogP contribution in [0.3, 0.4) is 0 Å². The molecule has 1 unspecified atom stereocenters. The van der Waals surface area contributed by atoms with Gasteiger partial charge in [-0.25, -0.2) is 9.97 Å². The van der Waals surface area contributed by atoms with Gasteiger partial charge in [0.1, 0.15) is 5.82 Å². The number of hydrogen-bond donors (Lipinski definition) is 0. The lowest BCUT2D eigenvalue weighted by Gasteiger charge is -2.28. The van der Waals surface area contributed by atoms with Gasteiger partial charge in [0, 0.05) is 24.3 Å². The summed E-state index contributed by atoms with van der Waals surface area (Å²) in [6, 6.07) is 12.8. The normalized spacial score (nSPS) is 18.8. The van der Waals surface area contributed by atoms with Crippen LogP contribution in [-0.2, 0) is 0 Å². The summed E-state index contributed by atoms with van der Waals surface area (Å²) in [5.41, 5.74) is 1.08. The minimum Gasteiger partial charge on any atom is -0.353 e. The van der Waals surface area contributed by atoms with Crippen molar-refractivity contribution in [3.05, 3.63) is 42.6 Å². The van der Waals surface area contributed by atoms with Crippen molar-refractivity contribution in [2.75, 3.05) is 11.4 Å². The summed E-state index contributed by atoms with van der Waals surface area (Å²) in [4.78, 5) is 11.6. The quantitative estimate of drug-likeness (QED) is 0.847. The second-order valence-electron chi connectivity index (χ2n) is 5.75. The molecule has 20 heavy (non-hydrogen) atoms. The Morgan fingerprint density at radius 1 is 1.15 bits per heavy atom. The van der Waals surface area contributed by atoms with Crippen molar-refractivity contribution in [2.24, 2.45) is 5.92 Å². The molecule has 104 valence electrons. The molecule has 1 aliphatic heterocycles. The number of benzene rings is 1. The Labute approximate surface area is 120 Å². The molecule has 2 heterocycles. The van der Waals surface area contributed by atoms with Crippen LogP contribution in [0.4, 0.5) is 5.82 Å². The second-order valence-corrected chi connectivity index (χ2v) is 5.75. The number of rotatable bonds is 3. The molecule has 0 radical (unpaired) electrons. The van der Waals surface area contributed by atoms with E-state index in [1.54, 1.807) is 0 Å². The molecule has 0 aliphatic carbocycles. The van der Waals surface area contributed by atoms with Crippen LogP contribution in [0.25, 0.3) is 11.4 Å². The highest BCUT2D eigenvalue weighted by atomic mass is 15.2. The predicted octanol–water partition coefficient (Wildman–Crippen LogP) is 3.77. The molecule has 3 heteroatoms. The molecular weight excluding hydrogens is 246 g/mol. The fourth-order valence-corrected chi connectivity index (χ4v) is 3.01. The molecule has 1 aromatic carbocycles. The zero-order chi connectivity index (χ0) is 13.9. The molecule has 0 bridgehead atoms. The minimum absolute atomic E-state index is 0.605. The molecule has 0 N–H and O–H groups in total. The molecule has 1 atom stereocenters. The maximum atomic E-state index is 4.77. The highest BCUT2D eigenvalue weighted by Crippen LogP contribution is 2.29. The van der Waals surface area contributed by atoms with E-state index in [0.717, 1.165) is 23.8 Å². The molecule has 0 spiro atoms. The third kappa shape index (κ3) is 2.53. The van der Waals surface area contributed by atoms with E-state index in [1.165, 1.54) is 12.8 Å². The molecule has 0 saturated carbocycles. The van der Waals surface area contributed by atoms with Crippen LogP contribution in [0.2, 0.25) is 0 Å². The van der Waals surface area contributed by atoms with Crippen molar-refractivity contribution in [2.45, 2.75) is 32.7 Å². The zero-order valence-electron chi connectivity index (χ0n) is 12.2. The molecule has 2 aromatic rings. The predicted molar refractivity (Wildman–Crippen MR) is 82.7 cm³/mol. The van der Waals surface area contributed by atoms with Gasteiger partial charge in [0.05, 0.1) is 0 Å². The van der Waals surface area contributed by atoms with Gasteiger partial charge in [-0.05, 0) is 24.8 Å². The van der Waals surface area contributed by atoms with E-state index in [9.17, 15) is 0 Å². The van der Waals surface area contributed by atoms with Crippen molar-refractivity contribution in [1.29, 1.82) is 0 Å². The third-order valence-corrected chi connectivity index (χ3v) is 4.04. The molecular formula is C17H21N3. The summed E-state index contributed by atoms with van der Waals surface area (Å²) in [6.07, 6.45) is 4.40. The average molecular weight is 267 g/mol. The number of anilines is 1. The van der Waals surface area contributed by atoms with Crippen molar-refractivity contribution >= 4 is 5.82 Å². The van der Waals surface area contributed by atoms with Crippen LogP contribution < -0.4 is 4.90 Å². The van der Waals surface area contributed by atoms with E-state index >= 15 is 0 Å². The Kier molecular flexibility index (Phi) is 3.68. The second kappa shape index (κ2) is 5.61. The Morgan fingerprint density at radius 2 is 1.95 bits per heavy atom. The molecule has 3 rings (SSSR count). The molecule has 1 aromatic heterocycles. The maximum absolute atomic E-state index is 4.77. The molecule has 0 amide bonds. The van der Waals surface area contributed by atoms with E-state index in [1.807, 2.05) is 30.5 Å². The largest absolute Gasteiger partial charge is 0.353 e. The van der Waals surface area contributed by atoms with Gasteiger partial charge < -0.3 is 4.90 Å². The van der Waals surface area contributed by atoms with Gasteiger partial charge in [0.15, 0.2) is 5.82 Å². The van der Waals surface area contributed by atoms with Crippen LogP contribution in [0, 0.1) is 5.92 Å². The summed E-state index contributed by atoms with van der Waals surface area (Å²) < 4.78 is 0. The van der Waals surface area contributed by atoms with Gasteiger partial charge in [-0.2, -0.15) is 0 Å². The van der Waals surface area contributed by atoms with E-state index < -0.39 is 0 Å². The first-order valence-corrected chi connectivity index (χ1v) is 7.41. The van der Waals surface area contributed by atoms with Crippen LogP contribution in [-0.4, -0.2) is 22.6 Å². The van der Waals surface area contributed by atoms with E-state index in [0.29, 0.717) is 12.0 Å². The highest BCUT2D eigenvalue weighted by Gasteiger charge is 2.28. The van der Waals surface area contributed by atoms with Gasteiger partial charge in [-0.1, -0.05) is 44.2 Å². The summed E-state index contributed by atoms with van der Waals surface area (Å²) in [5, 5.41) is 0. The topological polar surface area (TPSA) is 29.0 Å². The first-order chi connectivity index (χ1) is 9.75. The molecule has 1 saturated heterocycles. The van der Waals surface area contributed by atoms with Crippen molar-refractivity contribution in [3.63, 3.8) is 0 Å². The first kappa shape index (κ1) is 13.1. The van der Waals surface area contributed by atoms with Crippen LogP contribution >= 0.6 is 0 Å². The Hall–Kier alpha value is -1.90. The van der Waals surface area contributed by atoms with Crippen molar-refractivity contribution in [1.82, 2.24) is 9.97 Å². The smallest absolute Gasteiger partial charge is 0.161 e. The zero-order valence-corrected chi connectivity index (χ0v) is 12.2. The van der Waals surface area contributed by atoms with E-state index in [2.05, 4.69) is 35.9 Å². The molecule has 1 fully saturated rings. The first-order valence-electron chi connectivity index (χ1n) is 7.41. The number of hydrogen-bond acceptors (Lipinski definition) is 3. The van der Waals surface area contributed by atoms with Gasteiger partial charge in [0.25, 0.3) is 0 Å². The Balaban J connectivity index is 1.92. The SMILES string of the molecule is CC(C)C1CCCN1c1ccnc(-c2ccccc2)n1. The van der Waals surface area contributed by atoms with Crippen molar-refractivity contribution < 1.29 is 0 Å². The van der Waals surface area contributed by atoms with Crippen LogP contribution in [0.5, 0.6) is 0 Å². The van der Waals surface area contributed by atoms with E-state index in [-0.39, 0.29) is 0 Å². The lowest BCUT2D eigenvalue weighted by Crippen LogP contribution is -2.34. The summed E-state index contributed by atoms with van der Waals surface area (Å²) in [5.74, 6) is 2.54. The summed E-state index contributed by atoms with van der Waals surface area (Å²) in [6.45, 7) is 5.69. The fraction of sp³-hybridized carbons (Fsp3) is 0.412. The minimum atomic E-state index is 0.605. The molecule has 3 nitrogen and oxygen atoms in total. The van der Waals surface area contributed by atoms with E-state index in [4.69, 9.17) is 4.98 Å². The van der Waals surface area contributed by atoms with Crippen molar-refractivity contribution in [3.8, 4) is 11.4 Å². The Morgan fingerprint density at radius 3 is 2.70 bits per heavy atom. The van der Waals surface area contributed by atoms with Gasteiger partial charge in [0.2, 0.25) is 0 Å². The lowest BCUT2D eigenvalue weighted by molar-refractivity contribution is 0.489. The monoisotopic (exact) mass is 267 g/mol. The fourth-order valence-electron chi connectivity index (χ4n) is 3.01. The van der Waals surface area contributed by atoms with Gasteiger partial charge >= 0.3 is 0 Å². The molecule has 1 aliphatic rings. The summed E-state index contributed by atoms with van der Waals surface area (Å²) >= 11 is 0. The van der Waals surface area contributed by atoms with Gasteiger partial charge in [-0.3, -0.25) is 0 Å². The summed E-state index contributed by atoms with van der Waals surface area (Å²) in [7, 11) is 0. The maximum Gasteiger partial charge on any atom is 0.161 e. The lowest BCUT2D eigenvalue weighted by atomic mass is 10.0. The third-order valence-electron chi connectivity index (χ3n) is 4.04. The number of aromatic nitrogens is 2. The average Bonchev–Trinajstić information content (AvgIpc) is 2.98. The van der Waals surface area contributed by atoms with Gasteiger partial charge in [-0.15, -0.1) is 0 Å². The Bertz CT molecular complexity index is 565. The van der Waals surface area contributed by atoms with Crippen LogP contribution in [0.15, 0.2) is 42.6 Å².